The Labute approximate surface area is 167 Å². The lowest BCUT2D eigenvalue weighted by Crippen LogP contribution is -2.31. The van der Waals surface area contributed by atoms with Crippen LogP contribution in [0, 0.1) is 33.8 Å². The number of nitro groups is 1. The van der Waals surface area contributed by atoms with Crippen LogP contribution in [0.15, 0.2) is 18.2 Å². The lowest BCUT2D eigenvalue weighted by molar-refractivity contribution is -0.384. The van der Waals surface area contributed by atoms with Gasteiger partial charge in [-0.25, -0.2) is 0 Å². The van der Waals surface area contributed by atoms with Crippen LogP contribution in [0.2, 0.25) is 0 Å². The highest BCUT2D eigenvalue weighted by molar-refractivity contribution is 5.95. The normalized spacial score (nSPS) is 27.9. The number of carbonyl (C=O) groups is 1. The smallest absolute Gasteiger partial charge is 0.271 e. The number of non-ortho nitro benzene ring substituents is 1. The molecule has 0 aliphatic heterocycles. The van der Waals surface area contributed by atoms with Crippen molar-refractivity contribution in [2.45, 2.75) is 71.1 Å². The summed E-state index contributed by atoms with van der Waals surface area (Å²) in [4.78, 5) is 23.1. The number of rotatable bonds is 6. The molecular weight excluding hydrogens is 354 g/mol. The topological polar surface area (TPSA) is 98.3 Å². The number of nitrogen functional groups attached to an aromatic ring is 1. The molecule has 3 rings (SSSR count). The number of benzene rings is 1. The molecule has 0 bridgehead atoms. The Balaban J connectivity index is 1.49. The quantitative estimate of drug-likeness (QED) is 0.381. The number of amides is 1. The molecule has 28 heavy (non-hydrogen) atoms. The van der Waals surface area contributed by atoms with E-state index in [9.17, 15) is 14.9 Å². The Morgan fingerprint density at radius 1 is 1.11 bits per heavy atom. The zero-order valence-electron chi connectivity index (χ0n) is 16.9. The second-order valence-corrected chi connectivity index (χ2v) is 8.70. The van der Waals surface area contributed by atoms with Gasteiger partial charge >= 0.3 is 0 Å². The molecule has 6 nitrogen and oxygen atoms in total. The van der Waals surface area contributed by atoms with Crippen LogP contribution < -0.4 is 11.1 Å². The van der Waals surface area contributed by atoms with E-state index in [0.29, 0.717) is 11.4 Å². The van der Waals surface area contributed by atoms with Gasteiger partial charge in [0.25, 0.3) is 5.69 Å². The number of hydrogen-bond acceptors (Lipinski definition) is 4. The molecule has 0 spiro atoms. The van der Waals surface area contributed by atoms with Crippen LogP contribution in [0.3, 0.4) is 0 Å². The van der Waals surface area contributed by atoms with Crippen molar-refractivity contribution in [2.75, 3.05) is 11.1 Å². The zero-order valence-corrected chi connectivity index (χ0v) is 16.9. The fourth-order valence-corrected chi connectivity index (χ4v) is 5.21. The molecule has 0 aromatic heterocycles. The minimum atomic E-state index is -0.477. The molecule has 0 atom stereocenters. The first-order valence-corrected chi connectivity index (χ1v) is 10.8. The van der Waals surface area contributed by atoms with Crippen LogP contribution in [-0.4, -0.2) is 10.8 Å². The average Bonchev–Trinajstić information content (AvgIpc) is 2.70. The summed E-state index contributed by atoms with van der Waals surface area (Å²) in [7, 11) is 0. The molecule has 0 saturated heterocycles. The van der Waals surface area contributed by atoms with Crippen molar-refractivity contribution in [3.05, 3.63) is 28.3 Å². The first kappa shape index (κ1) is 20.6. The summed E-state index contributed by atoms with van der Waals surface area (Å²) < 4.78 is 0. The Bertz CT molecular complexity index is 690. The van der Waals surface area contributed by atoms with Gasteiger partial charge in [-0.05, 0) is 62.3 Å². The van der Waals surface area contributed by atoms with Gasteiger partial charge in [-0.15, -0.1) is 0 Å². The fourth-order valence-electron chi connectivity index (χ4n) is 5.21. The van der Waals surface area contributed by atoms with Gasteiger partial charge in [-0.1, -0.05) is 32.6 Å². The van der Waals surface area contributed by atoms with E-state index in [1.54, 1.807) is 0 Å². The molecule has 0 heterocycles. The lowest BCUT2D eigenvalue weighted by Gasteiger charge is -2.37. The highest BCUT2D eigenvalue weighted by atomic mass is 16.6. The summed E-state index contributed by atoms with van der Waals surface area (Å²) in [5, 5.41) is 13.8. The van der Waals surface area contributed by atoms with Crippen molar-refractivity contribution in [2.24, 2.45) is 23.7 Å². The SMILES string of the molecule is CCCC1CCC(C2CCC(C(=O)Nc3cc([N+](=O)[O-])ccc3N)CC2)CC1. The highest BCUT2D eigenvalue weighted by Gasteiger charge is 2.33. The van der Waals surface area contributed by atoms with Crippen LogP contribution in [0.5, 0.6) is 0 Å². The lowest BCUT2D eigenvalue weighted by atomic mass is 9.68. The third kappa shape index (κ3) is 5.03. The van der Waals surface area contributed by atoms with Gasteiger partial charge in [0.15, 0.2) is 0 Å². The summed E-state index contributed by atoms with van der Waals surface area (Å²) in [6, 6.07) is 4.17. The third-order valence-electron chi connectivity index (χ3n) is 6.90. The molecule has 1 amide bonds. The number of anilines is 2. The van der Waals surface area contributed by atoms with Crippen molar-refractivity contribution in [1.82, 2.24) is 0 Å². The van der Waals surface area contributed by atoms with E-state index in [2.05, 4.69) is 12.2 Å². The minimum absolute atomic E-state index is 0.0219. The summed E-state index contributed by atoms with van der Waals surface area (Å²) in [6.45, 7) is 2.28. The second-order valence-electron chi connectivity index (χ2n) is 8.70. The molecule has 154 valence electrons. The van der Waals surface area contributed by atoms with Crippen LogP contribution in [0.4, 0.5) is 17.1 Å². The first-order valence-electron chi connectivity index (χ1n) is 10.8. The Morgan fingerprint density at radius 2 is 1.71 bits per heavy atom. The summed E-state index contributed by atoms with van der Waals surface area (Å²) >= 11 is 0. The number of nitro benzene ring substituents is 1. The fraction of sp³-hybridized carbons (Fsp3) is 0.682. The van der Waals surface area contributed by atoms with Gasteiger partial charge in [0, 0.05) is 18.1 Å². The third-order valence-corrected chi connectivity index (χ3v) is 6.90. The maximum atomic E-state index is 12.7. The molecule has 2 aliphatic carbocycles. The highest BCUT2D eigenvalue weighted by Crippen LogP contribution is 2.42. The van der Waals surface area contributed by atoms with Crippen LogP contribution in [-0.2, 0) is 4.79 Å². The van der Waals surface area contributed by atoms with E-state index in [0.717, 1.165) is 43.4 Å². The summed E-state index contributed by atoms with van der Waals surface area (Å²) in [6.07, 6.45) is 12.2. The zero-order chi connectivity index (χ0) is 20.1. The molecular formula is C22H33N3O3. The van der Waals surface area contributed by atoms with E-state index < -0.39 is 4.92 Å². The number of nitrogens with zero attached hydrogens (tertiary/aromatic N) is 1. The molecule has 1 aromatic carbocycles. The molecule has 2 fully saturated rings. The van der Waals surface area contributed by atoms with Gasteiger partial charge in [-0.3, -0.25) is 14.9 Å². The van der Waals surface area contributed by atoms with E-state index in [1.165, 1.54) is 56.7 Å². The van der Waals surface area contributed by atoms with Crippen molar-refractivity contribution >= 4 is 23.0 Å². The van der Waals surface area contributed by atoms with Gasteiger partial charge < -0.3 is 11.1 Å². The summed E-state index contributed by atoms with van der Waals surface area (Å²) in [5.74, 6) is 2.45. The molecule has 0 radical (unpaired) electrons. The van der Waals surface area contributed by atoms with E-state index in [-0.39, 0.29) is 17.5 Å². The Kier molecular flexibility index (Phi) is 6.92. The molecule has 6 heteroatoms. The minimum Gasteiger partial charge on any atom is -0.397 e. The number of nitrogens with two attached hydrogens (primary N) is 1. The average molecular weight is 388 g/mol. The molecule has 2 saturated carbocycles. The predicted octanol–water partition coefficient (Wildman–Crippen LogP) is 5.53. The van der Waals surface area contributed by atoms with Gasteiger partial charge in [-0.2, -0.15) is 0 Å². The van der Waals surface area contributed by atoms with Crippen LogP contribution >= 0.6 is 0 Å². The predicted molar refractivity (Wildman–Crippen MR) is 112 cm³/mol. The monoisotopic (exact) mass is 387 g/mol. The van der Waals surface area contributed by atoms with E-state index >= 15 is 0 Å². The summed E-state index contributed by atoms with van der Waals surface area (Å²) in [5.41, 5.74) is 6.52. The largest absolute Gasteiger partial charge is 0.397 e. The van der Waals surface area contributed by atoms with Crippen LogP contribution in [0.25, 0.3) is 0 Å². The van der Waals surface area contributed by atoms with Gasteiger partial charge in [0.1, 0.15) is 0 Å². The van der Waals surface area contributed by atoms with Crippen molar-refractivity contribution < 1.29 is 9.72 Å². The number of hydrogen-bond donors (Lipinski definition) is 2. The second kappa shape index (κ2) is 9.39. The van der Waals surface area contributed by atoms with Crippen molar-refractivity contribution in [3.63, 3.8) is 0 Å². The maximum Gasteiger partial charge on any atom is 0.271 e. The molecule has 3 N–H and O–H groups in total. The maximum absolute atomic E-state index is 12.7. The molecule has 1 aromatic rings. The van der Waals surface area contributed by atoms with Crippen molar-refractivity contribution in [1.29, 1.82) is 0 Å². The number of nitrogens with one attached hydrogen (secondary N) is 1. The Hall–Kier alpha value is -2.11. The number of carbonyl (C=O) groups excluding carboxylic acids is 1. The first-order chi connectivity index (χ1) is 13.5. The Morgan fingerprint density at radius 3 is 2.29 bits per heavy atom. The van der Waals surface area contributed by atoms with Crippen molar-refractivity contribution in [3.8, 4) is 0 Å². The van der Waals surface area contributed by atoms with Gasteiger partial charge in [0.05, 0.1) is 16.3 Å². The molecule has 2 aliphatic rings. The van der Waals surface area contributed by atoms with E-state index in [1.807, 2.05) is 0 Å². The standard InChI is InChI=1S/C22H33N3O3/c1-2-3-15-4-6-16(7-5-15)17-8-10-18(11-9-17)22(26)24-21-14-19(25(27)28)12-13-20(21)23/h12-18H,2-11,23H2,1H3,(H,24,26). The van der Waals surface area contributed by atoms with Crippen LogP contribution in [0.1, 0.15) is 71.1 Å². The molecule has 0 unspecified atom stereocenters. The van der Waals surface area contributed by atoms with Gasteiger partial charge in [0.2, 0.25) is 5.91 Å². The van der Waals surface area contributed by atoms with E-state index in [4.69, 9.17) is 5.73 Å².